The Balaban J connectivity index is 2.68. The fourth-order valence-electron chi connectivity index (χ4n) is 1.45. The predicted molar refractivity (Wildman–Crippen MR) is 80.1 cm³/mol. The molecule has 0 aliphatic heterocycles. The van der Waals surface area contributed by atoms with Crippen LogP contribution < -0.4 is 5.32 Å². The van der Waals surface area contributed by atoms with Gasteiger partial charge >= 0.3 is 5.97 Å². The minimum atomic E-state index is -1.10. The number of aliphatic carboxylic acids is 1. The number of carboxylic acids is 1. The average molecular weight is 295 g/mol. The highest BCUT2D eigenvalue weighted by molar-refractivity contribution is 7.80. The first-order valence-electron chi connectivity index (χ1n) is 5.98. The van der Waals surface area contributed by atoms with Crippen molar-refractivity contribution < 1.29 is 19.4 Å². The number of benzene rings is 1. The van der Waals surface area contributed by atoms with Crippen LogP contribution in [0.15, 0.2) is 30.3 Å². The second-order valence-corrected chi connectivity index (χ2v) is 4.39. The second-order valence-electron chi connectivity index (χ2n) is 4.03. The number of amides is 1. The van der Waals surface area contributed by atoms with Gasteiger partial charge in [0, 0.05) is 18.4 Å². The Labute approximate surface area is 123 Å². The van der Waals surface area contributed by atoms with Gasteiger partial charge in [0.2, 0.25) is 0 Å². The number of methoxy groups -OCH3 is 1. The molecule has 1 rings (SSSR count). The Morgan fingerprint density at radius 1 is 1.40 bits per heavy atom. The molecule has 1 atom stereocenters. The number of thiol groups is 1. The van der Waals surface area contributed by atoms with Crippen LogP contribution in [-0.4, -0.2) is 42.5 Å². The number of carbonyl (C=O) groups is 2. The third-order valence-corrected chi connectivity index (χ3v) is 2.90. The van der Waals surface area contributed by atoms with E-state index in [4.69, 9.17) is 9.84 Å². The molecule has 108 valence electrons. The first kappa shape index (κ1) is 16.3. The van der Waals surface area contributed by atoms with Gasteiger partial charge in [0.1, 0.15) is 6.04 Å². The highest BCUT2D eigenvalue weighted by Gasteiger charge is 2.18. The molecule has 1 aromatic rings. The summed E-state index contributed by atoms with van der Waals surface area (Å²) in [6.07, 6.45) is 3.73. The van der Waals surface area contributed by atoms with Gasteiger partial charge in [0.25, 0.3) is 5.91 Å². The molecule has 0 radical (unpaired) electrons. The van der Waals surface area contributed by atoms with E-state index in [1.54, 1.807) is 31.4 Å². The molecule has 0 spiro atoms. The first-order chi connectivity index (χ1) is 9.58. The van der Waals surface area contributed by atoms with Crippen molar-refractivity contribution >= 4 is 30.6 Å². The van der Waals surface area contributed by atoms with Gasteiger partial charge in [-0.05, 0) is 17.7 Å². The lowest BCUT2D eigenvalue weighted by molar-refractivity contribution is -0.138. The maximum absolute atomic E-state index is 11.8. The molecule has 0 heterocycles. The van der Waals surface area contributed by atoms with Crippen molar-refractivity contribution in [2.45, 2.75) is 6.04 Å². The van der Waals surface area contributed by atoms with Crippen LogP contribution in [0.1, 0.15) is 15.9 Å². The largest absolute Gasteiger partial charge is 0.480 e. The molecule has 0 unspecified atom stereocenters. The summed E-state index contributed by atoms with van der Waals surface area (Å²) in [6, 6.07) is 5.83. The van der Waals surface area contributed by atoms with Crippen LogP contribution in [0.3, 0.4) is 0 Å². The van der Waals surface area contributed by atoms with Crippen molar-refractivity contribution in [3.05, 3.63) is 41.5 Å². The zero-order valence-electron chi connectivity index (χ0n) is 11.1. The number of rotatable bonds is 7. The van der Waals surface area contributed by atoms with Gasteiger partial charge in [-0.1, -0.05) is 24.3 Å². The van der Waals surface area contributed by atoms with Gasteiger partial charge in [-0.25, -0.2) is 4.79 Å². The first-order valence-corrected chi connectivity index (χ1v) is 6.61. The summed E-state index contributed by atoms with van der Waals surface area (Å²) in [4.78, 5) is 22.7. The van der Waals surface area contributed by atoms with Crippen LogP contribution in [-0.2, 0) is 9.53 Å². The van der Waals surface area contributed by atoms with Gasteiger partial charge in [0.05, 0.1) is 6.61 Å². The summed E-state index contributed by atoms with van der Waals surface area (Å²) in [5, 5.41) is 11.3. The molecule has 5 nitrogen and oxygen atoms in total. The summed E-state index contributed by atoms with van der Waals surface area (Å²) in [5.41, 5.74) is 1.34. The minimum absolute atomic E-state index is 0.0406. The van der Waals surface area contributed by atoms with E-state index in [9.17, 15) is 9.59 Å². The lowest BCUT2D eigenvalue weighted by atomic mass is 10.1. The van der Waals surface area contributed by atoms with Gasteiger partial charge in [-0.3, -0.25) is 4.79 Å². The number of hydrogen-bond donors (Lipinski definition) is 3. The maximum atomic E-state index is 11.8. The quantitative estimate of drug-likeness (QED) is 0.666. The van der Waals surface area contributed by atoms with Gasteiger partial charge in [0.15, 0.2) is 0 Å². The van der Waals surface area contributed by atoms with Crippen LogP contribution in [0.4, 0.5) is 0 Å². The van der Waals surface area contributed by atoms with Crippen molar-refractivity contribution in [3.63, 3.8) is 0 Å². The van der Waals surface area contributed by atoms with Crippen LogP contribution in [0.25, 0.3) is 6.08 Å². The molecular formula is C14H17NO4S. The Morgan fingerprint density at radius 3 is 2.55 bits per heavy atom. The van der Waals surface area contributed by atoms with E-state index < -0.39 is 17.9 Å². The topological polar surface area (TPSA) is 75.6 Å². The zero-order valence-corrected chi connectivity index (χ0v) is 12.0. The fourth-order valence-corrected chi connectivity index (χ4v) is 1.70. The van der Waals surface area contributed by atoms with Crippen molar-refractivity contribution in [1.82, 2.24) is 5.32 Å². The lowest BCUT2D eigenvalue weighted by Crippen LogP contribution is -2.42. The maximum Gasteiger partial charge on any atom is 0.327 e. The fraction of sp³-hybridized carbons (Fsp3) is 0.286. The third kappa shape index (κ3) is 5.07. The van der Waals surface area contributed by atoms with E-state index in [-0.39, 0.29) is 5.75 Å². The van der Waals surface area contributed by atoms with E-state index in [1.165, 1.54) is 0 Å². The van der Waals surface area contributed by atoms with Crippen molar-refractivity contribution in [3.8, 4) is 0 Å². The SMILES string of the molecule is COC/C=C/c1ccc(C(=O)N[C@@H](CS)C(=O)O)cc1. The highest BCUT2D eigenvalue weighted by atomic mass is 32.1. The molecule has 0 fully saturated rings. The Morgan fingerprint density at radius 2 is 2.05 bits per heavy atom. The van der Waals surface area contributed by atoms with Crippen LogP contribution in [0.2, 0.25) is 0 Å². The van der Waals surface area contributed by atoms with Crippen LogP contribution >= 0.6 is 12.6 Å². The summed E-state index contributed by atoms with van der Waals surface area (Å²) >= 11 is 3.89. The zero-order chi connectivity index (χ0) is 15.0. The summed E-state index contributed by atoms with van der Waals surface area (Å²) < 4.78 is 4.89. The number of carbonyl (C=O) groups excluding carboxylic acids is 1. The van der Waals surface area contributed by atoms with Crippen LogP contribution in [0, 0.1) is 0 Å². The molecule has 20 heavy (non-hydrogen) atoms. The molecule has 0 aliphatic rings. The molecular weight excluding hydrogens is 278 g/mol. The van der Waals surface area contributed by atoms with E-state index in [0.29, 0.717) is 12.2 Å². The monoisotopic (exact) mass is 295 g/mol. The van der Waals surface area contributed by atoms with E-state index in [0.717, 1.165) is 5.56 Å². The predicted octanol–water partition coefficient (Wildman–Crippen LogP) is 1.46. The molecule has 0 saturated heterocycles. The number of nitrogens with one attached hydrogen (secondary N) is 1. The van der Waals surface area contributed by atoms with Crippen molar-refractivity contribution in [2.75, 3.05) is 19.5 Å². The highest BCUT2D eigenvalue weighted by Crippen LogP contribution is 2.07. The molecule has 6 heteroatoms. The normalized spacial score (nSPS) is 12.3. The summed E-state index contributed by atoms with van der Waals surface area (Å²) in [7, 11) is 1.61. The standard InChI is InChI=1S/C14H17NO4S/c1-19-8-2-3-10-4-6-11(7-5-10)13(16)15-12(9-20)14(17)18/h2-7,12,20H,8-9H2,1H3,(H,15,16)(H,17,18)/b3-2+/t12-/m0/s1. The Bertz CT molecular complexity index is 484. The van der Waals surface area contributed by atoms with E-state index in [1.807, 2.05) is 12.2 Å². The molecule has 1 amide bonds. The number of ether oxygens (including phenoxy) is 1. The van der Waals surface area contributed by atoms with Crippen molar-refractivity contribution in [2.24, 2.45) is 0 Å². The molecule has 0 aliphatic carbocycles. The average Bonchev–Trinajstić information content (AvgIpc) is 2.45. The van der Waals surface area contributed by atoms with Gasteiger partial charge in [-0.2, -0.15) is 12.6 Å². The van der Waals surface area contributed by atoms with Crippen molar-refractivity contribution in [1.29, 1.82) is 0 Å². The third-order valence-electron chi connectivity index (χ3n) is 2.53. The number of carboxylic acid groups (broad SMARTS) is 1. The van der Waals surface area contributed by atoms with E-state index >= 15 is 0 Å². The summed E-state index contributed by atoms with van der Waals surface area (Å²) in [5.74, 6) is -1.50. The molecule has 0 aromatic heterocycles. The Hall–Kier alpha value is -1.79. The van der Waals surface area contributed by atoms with E-state index in [2.05, 4.69) is 17.9 Å². The lowest BCUT2D eigenvalue weighted by Gasteiger charge is -2.11. The molecule has 0 bridgehead atoms. The molecule has 2 N–H and O–H groups in total. The Kier molecular flexibility index (Phi) is 6.83. The second kappa shape index (κ2) is 8.39. The minimum Gasteiger partial charge on any atom is -0.480 e. The molecule has 1 aromatic carbocycles. The molecule has 0 saturated carbocycles. The number of hydrogen-bond acceptors (Lipinski definition) is 4. The van der Waals surface area contributed by atoms with Gasteiger partial charge in [-0.15, -0.1) is 0 Å². The van der Waals surface area contributed by atoms with Gasteiger partial charge < -0.3 is 15.2 Å². The van der Waals surface area contributed by atoms with Crippen LogP contribution in [0.5, 0.6) is 0 Å². The smallest absolute Gasteiger partial charge is 0.327 e. The summed E-state index contributed by atoms with van der Waals surface area (Å²) in [6.45, 7) is 0.518.